The van der Waals surface area contributed by atoms with E-state index in [1.807, 2.05) is 20.8 Å². The summed E-state index contributed by atoms with van der Waals surface area (Å²) in [6.45, 7) is 6.96. The SMILES string of the molecule is CC(C)(C)OCCOc1c(Br)cc(C=O)cc1Br. The van der Waals surface area contributed by atoms with Gasteiger partial charge in [0.1, 0.15) is 18.6 Å². The second-order valence-corrected chi connectivity index (χ2v) is 6.45. The van der Waals surface area contributed by atoms with Crippen LogP contribution in [-0.2, 0) is 4.74 Å². The number of hydrogen-bond donors (Lipinski definition) is 0. The minimum Gasteiger partial charge on any atom is -0.489 e. The van der Waals surface area contributed by atoms with Crippen LogP contribution in [0, 0.1) is 0 Å². The molecule has 0 aliphatic carbocycles. The molecule has 3 nitrogen and oxygen atoms in total. The van der Waals surface area contributed by atoms with Crippen molar-refractivity contribution in [3.05, 3.63) is 26.6 Å². The van der Waals surface area contributed by atoms with E-state index in [-0.39, 0.29) is 5.60 Å². The van der Waals surface area contributed by atoms with Gasteiger partial charge in [-0.1, -0.05) is 0 Å². The van der Waals surface area contributed by atoms with Crippen LogP contribution in [0.2, 0.25) is 0 Å². The van der Waals surface area contributed by atoms with Crippen molar-refractivity contribution in [1.29, 1.82) is 0 Å². The molecule has 0 saturated heterocycles. The van der Waals surface area contributed by atoms with E-state index in [2.05, 4.69) is 31.9 Å². The Balaban J connectivity index is 2.60. The molecule has 0 radical (unpaired) electrons. The van der Waals surface area contributed by atoms with Gasteiger partial charge in [-0.2, -0.15) is 0 Å². The van der Waals surface area contributed by atoms with Crippen molar-refractivity contribution in [3.63, 3.8) is 0 Å². The lowest BCUT2D eigenvalue weighted by molar-refractivity contribution is -0.0164. The molecule has 0 aliphatic heterocycles. The quantitative estimate of drug-likeness (QED) is 0.567. The highest BCUT2D eigenvalue weighted by molar-refractivity contribution is 9.11. The largest absolute Gasteiger partial charge is 0.489 e. The maximum atomic E-state index is 10.7. The first-order valence-electron chi connectivity index (χ1n) is 5.54. The molecule has 1 aromatic rings. The average molecular weight is 380 g/mol. The maximum Gasteiger partial charge on any atom is 0.150 e. The van der Waals surface area contributed by atoms with E-state index >= 15 is 0 Å². The molecule has 18 heavy (non-hydrogen) atoms. The maximum absolute atomic E-state index is 10.7. The normalized spacial score (nSPS) is 11.4. The molecule has 0 atom stereocenters. The topological polar surface area (TPSA) is 35.5 Å². The lowest BCUT2D eigenvalue weighted by Crippen LogP contribution is -2.22. The Morgan fingerprint density at radius 1 is 1.17 bits per heavy atom. The number of ether oxygens (including phenoxy) is 2. The summed E-state index contributed by atoms with van der Waals surface area (Å²) in [5.74, 6) is 0.679. The summed E-state index contributed by atoms with van der Waals surface area (Å²) in [5.41, 5.74) is 0.422. The molecule has 0 amide bonds. The fraction of sp³-hybridized carbons (Fsp3) is 0.462. The molecule has 1 rings (SSSR count). The van der Waals surface area contributed by atoms with Crippen LogP contribution in [0.4, 0.5) is 0 Å². The molecule has 0 N–H and O–H groups in total. The number of hydrogen-bond acceptors (Lipinski definition) is 3. The van der Waals surface area contributed by atoms with E-state index in [0.717, 1.165) is 15.2 Å². The molecule has 5 heteroatoms. The summed E-state index contributed by atoms with van der Waals surface area (Å²) in [4.78, 5) is 10.7. The van der Waals surface area contributed by atoms with Crippen LogP contribution in [0.1, 0.15) is 31.1 Å². The second kappa shape index (κ2) is 6.68. The highest BCUT2D eigenvalue weighted by Crippen LogP contribution is 2.34. The predicted molar refractivity (Wildman–Crippen MR) is 78.4 cm³/mol. The molecular formula is C13H16Br2O3. The van der Waals surface area contributed by atoms with E-state index in [0.29, 0.717) is 24.5 Å². The number of benzene rings is 1. The smallest absolute Gasteiger partial charge is 0.150 e. The Kier molecular flexibility index (Phi) is 5.82. The van der Waals surface area contributed by atoms with E-state index in [1.54, 1.807) is 12.1 Å². The van der Waals surface area contributed by atoms with Crippen LogP contribution < -0.4 is 4.74 Å². The number of aldehydes is 1. The van der Waals surface area contributed by atoms with Crippen LogP contribution in [0.3, 0.4) is 0 Å². The highest BCUT2D eigenvalue weighted by Gasteiger charge is 2.11. The molecular weight excluding hydrogens is 364 g/mol. The number of carbonyl (C=O) groups is 1. The van der Waals surface area contributed by atoms with Gasteiger partial charge < -0.3 is 9.47 Å². The zero-order valence-electron chi connectivity index (χ0n) is 10.6. The Morgan fingerprint density at radius 2 is 1.72 bits per heavy atom. The van der Waals surface area contributed by atoms with Gasteiger partial charge in [0.2, 0.25) is 0 Å². The third-order valence-electron chi connectivity index (χ3n) is 2.02. The molecule has 100 valence electrons. The molecule has 0 heterocycles. The first kappa shape index (κ1) is 15.7. The Hall–Kier alpha value is -0.390. The molecule has 0 saturated carbocycles. The summed E-state index contributed by atoms with van der Waals surface area (Å²) in [6, 6.07) is 3.44. The lowest BCUT2D eigenvalue weighted by Gasteiger charge is -2.20. The van der Waals surface area contributed by atoms with Gasteiger partial charge in [0.15, 0.2) is 0 Å². The minimum atomic E-state index is -0.167. The van der Waals surface area contributed by atoms with Crippen molar-refractivity contribution in [2.75, 3.05) is 13.2 Å². The summed E-state index contributed by atoms with van der Waals surface area (Å²) >= 11 is 6.75. The second-order valence-electron chi connectivity index (χ2n) is 4.74. The molecule has 1 aromatic carbocycles. The first-order valence-corrected chi connectivity index (χ1v) is 7.13. The van der Waals surface area contributed by atoms with Crippen molar-refractivity contribution >= 4 is 38.1 Å². The van der Waals surface area contributed by atoms with E-state index in [1.165, 1.54) is 0 Å². The van der Waals surface area contributed by atoms with Gasteiger partial charge >= 0.3 is 0 Å². The fourth-order valence-corrected chi connectivity index (χ4v) is 2.73. The van der Waals surface area contributed by atoms with Crippen molar-refractivity contribution in [2.24, 2.45) is 0 Å². The molecule has 0 bridgehead atoms. The van der Waals surface area contributed by atoms with E-state index in [9.17, 15) is 4.79 Å². The van der Waals surface area contributed by atoms with E-state index < -0.39 is 0 Å². The number of rotatable bonds is 5. The number of halogens is 2. The van der Waals surface area contributed by atoms with Crippen LogP contribution in [0.15, 0.2) is 21.1 Å². The van der Waals surface area contributed by atoms with Crippen molar-refractivity contribution in [3.8, 4) is 5.75 Å². The third kappa shape index (κ3) is 5.08. The Morgan fingerprint density at radius 3 is 2.17 bits per heavy atom. The zero-order chi connectivity index (χ0) is 13.8. The summed E-state index contributed by atoms with van der Waals surface area (Å²) in [6.07, 6.45) is 0.794. The van der Waals surface area contributed by atoms with Gasteiger partial charge in [-0.25, -0.2) is 0 Å². The molecule has 0 fully saturated rings. The Bertz CT molecular complexity index is 402. The van der Waals surface area contributed by atoms with Gasteiger partial charge in [0.25, 0.3) is 0 Å². The lowest BCUT2D eigenvalue weighted by atomic mass is 10.2. The summed E-state index contributed by atoms with van der Waals surface area (Å²) in [7, 11) is 0. The van der Waals surface area contributed by atoms with Gasteiger partial charge in [-0.3, -0.25) is 4.79 Å². The van der Waals surface area contributed by atoms with Gasteiger partial charge in [-0.15, -0.1) is 0 Å². The van der Waals surface area contributed by atoms with E-state index in [4.69, 9.17) is 9.47 Å². The molecule has 0 spiro atoms. The first-order chi connectivity index (χ1) is 8.33. The van der Waals surface area contributed by atoms with Gasteiger partial charge in [0.05, 0.1) is 21.2 Å². The number of carbonyl (C=O) groups excluding carboxylic acids is 1. The van der Waals surface area contributed by atoms with Crippen LogP contribution in [0.25, 0.3) is 0 Å². The molecule has 0 aromatic heterocycles. The molecule has 0 unspecified atom stereocenters. The van der Waals surface area contributed by atoms with Crippen LogP contribution in [0.5, 0.6) is 5.75 Å². The summed E-state index contributed by atoms with van der Waals surface area (Å²) < 4.78 is 12.7. The fourth-order valence-electron chi connectivity index (χ4n) is 1.28. The van der Waals surface area contributed by atoms with Crippen molar-refractivity contribution in [1.82, 2.24) is 0 Å². The van der Waals surface area contributed by atoms with Crippen molar-refractivity contribution in [2.45, 2.75) is 26.4 Å². The van der Waals surface area contributed by atoms with Crippen LogP contribution >= 0.6 is 31.9 Å². The summed E-state index contributed by atoms with van der Waals surface area (Å²) in [5, 5.41) is 0. The van der Waals surface area contributed by atoms with Gasteiger partial charge in [0, 0.05) is 5.56 Å². The van der Waals surface area contributed by atoms with Crippen molar-refractivity contribution < 1.29 is 14.3 Å². The monoisotopic (exact) mass is 378 g/mol. The van der Waals surface area contributed by atoms with Crippen LogP contribution in [-0.4, -0.2) is 25.1 Å². The average Bonchev–Trinajstić information content (AvgIpc) is 2.25. The Labute approximate surface area is 124 Å². The predicted octanol–water partition coefficient (Wildman–Crippen LogP) is 4.22. The molecule has 0 aliphatic rings. The third-order valence-corrected chi connectivity index (χ3v) is 3.20. The zero-order valence-corrected chi connectivity index (χ0v) is 13.8. The standard InChI is InChI=1S/C13H16Br2O3/c1-13(2,3)18-5-4-17-12-10(14)6-9(8-16)7-11(12)15/h6-8H,4-5H2,1-3H3. The minimum absolute atomic E-state index is 0.167. The van der Waals surface area contributed by atoms with Gasteiger partial charge in [-0.05, 0) is 64.8 Å². The highest BCUT2D eigenvalue weighted by atomic mass is 79.9.